The molecule has 4 rings (SSSR count). The molecule has 1 aliphatic rings. The van der Waals surface area contributed by atoms with Gasteiger partial charge in [-0.2, -0.15) is 13.2 Å². The SMILES string of the molecule is COc1ccc(Cl)cc1C(=O)N1CCC(Cn2c(C(F)(F)F)nc3ccccc32)CC1. The van der Waals surface area contributed by atoms with Crippen LogP contribution in [0.25, 0.3) is 11.0 Å². The summed E-state index contributed by atoms with van der Waals surface area (Å²) in [4.78, 5) is 18.4. The van der Waals surface area contributed by atoms with E-state index in [1.54, 1.807) is 47.4 Å². The summed E-state index contributed by atoms with van der Waals surface area (Å²) in [5, 5.41) is 0.436. The Morgan fingerprint density at radius 3 is 2.58 bits per heavy atom. The number of halogens is 4. The van der Waals surface area contributed by atoms with Gasteiger partial charge < -0.3 is 14.2 Å². The van der Waals surface area contributed by atoms with E-state index in [2.05, 4.69) is 4.98 Å². The summed E-state index contributed by atoms with van der Waals surface area (Å²) in [7, 11) is 1.49. The molecule has 0 bridgehead atoms. The van der Waals surface area contributed by atoms with Crippen molar-refractivity contribution in [2.75, 3.05) is 20.2 Å². The number of rotatable bonds is 4. The van der Waals surface area contributed by atoms with Crippen molar-refractivity contribution >= 4 is 28.5 Å². The van der Waals surface area contributed by atoms with Gasteiger partial charge in [-0.3, -0.25) is 4.79 Å². The Hall–Kier alpha value is -2.74. The standard InChI is InChI=1S/C22H21ClF3N3O2/c1-31-19-7-6-15(23)12-16(19)20(30)28-10-8-14(9-11-28)13-29-18-5-3-2-4-17(18)27-21(29)22(24,25)26/h2-7,12,14H,8-11,13H2,1H3. The number of carbonyl (C=O) groups excluding carboxylic acids is 1. The number of fused-ring (bicyclic) bond motifs is 1. The van der Waals surface area contributed by atoms with Gasteiger partial charge in [0, 0.05) is 24.7 Å². The average molecular weight is 452 g/mol. The summed E-state index contributed by atoms with van der Waals surface area (Å²) in [6, 6.07) is 11.5. The monoisotopic (exact) mass is 451 g/mol. The molecule has 31 heavy (non-hydrogen) atoms. The zero-order valence-corrected chi connectivity index (χ0v) is 17.6. The number of piperidine rings is 1. The van der Waals surface area contributed by atoms with Crippen LogP contribution in [0, 0.1) is 5.92 Å². The molecule has 5 nitrogen and oxygen atoms in total. The van der Waals surface area contributed by atoms with E-state index in [4.69, 9.17) is 16.3 Å². The first-order chi connectivity index (χ1) is 14.8. The van der Waals surface area contributed by atoms with Crippen LogP contribution in [0.2, 0.25) is 5.02 Å². The van der Waals surface area contributed by atoms with Crippen LogP contribution in [0.3, 0.4) is 0 Å². The van der Waals surface area contributed by atoms with Gasteiger partial charge in [0.25, 0.3) is 5.91 Å². The number of hydrogen-bond donors (Lipinski definition) is 0. The number of hydrogen-bond acceptors (Lipinski definition) is 3. The molecule has 3 aromatic rings. The highest BCUT2D eigenvalue weighted by Gasteiger charge is 2.38. The van der Waals surface area contributed by atoms with Crippen LogP contribution >= 0.6 is 11.6 Å². The lowest BCUT2D eigenvalue weighted by Gasteiger charge is -2.33. The highest BCUT2D eigenvalue weighted by Crippen LogP contribution is 2.33. The Labute approximate surface area is 182 Å². The third-order valence-electron chi connectivity index (χ3n) is 5.64. The second kappa shape index (κ2) is 8.42. The number of methoxy groups -OCH3 is 1. The minimum atomic E-state index is -4.53. The van der Waals surface area contributed by atoms with Gasteiger partial charge in [0.05, 0.1) is 23.7 Å². The number of amides is 1. The van der Waals surface area contributed by atoms with Gasteiger partial charge in [0.1, 0.15) is 5.75 Å². The van der Waals surface area contributed by atoms with Gasteiger partial charge >= 0.3 is 6.18 Å². The van der Waals surface area contributed by atoms with Crippen LogP contribution in [0.15, 0.2) is 42.5 Å². The average Bonchev–Trinajstić information content (AvgIpc) is 3.13. The molecular formula is C22H21ClF3N3O2. The second-order valence-electron chi connectivity index (χ2n) is 7.61. The Bertz CT molecular complexity index is 1110. The number of alkyl halides is 3. The van der Waals surface area contributed by atoms with E-state index in [0.717, 1.165) is 0 Å². The molecule has 0 aliphatic carbocycles. The quantitative estimate of drug-likeness (QED) is 0.543. The number of ether oxygens (including phenoxy) is 1. The minimum absolute atomic E-state index is 0.00372. The van der Waals surface area contributed by atoms with Gasteiger partial charge in [-0.1, -0.05) is 23.7 Å². The maximum atomic E-state index is 13.5. The van der Waals surface area contributed by atoms with Crippen LogP contribution in [-0.2, 0) is 12.7 Å². The summed E-state index contributed by atoms with van der Waals surface area (Å²) < 4.78 is 47.2. The number of para-hydroxylation sites is 2. The number of aromatic nitrogens is 2. The Morgan fingerprint density at radius 1 is 1.19 bits per heavy atom. The van der Waals surface area contributed by atoms with Gasteiger partial charge in [-0.05, 0) is 49.1 Å². The molecule has 9 heteroatoms. The summed E-state index contributed by atoms with van der Waals surface area (Å²) in [5.74, 6) is -0.627. The fourth-order valence-electron chi connectivity index (χ4n) is 4.07. The summed E-state index contributed by atoms with van der Waals surface area (Å²) >= 11 is 6.03. The number of nitrogens with zero attached hydrogens (tertiary/aromatic N) is 3. The van der Waals surface area contributed by atoms with Gasteiger partial charge in [-0.25, -0.2) is 4.98 Å². The van der Waals surface area contributed by atoms with Crippen molar-refractivity contribution in [3.63, 3.8) is 0 Å². The third-order valence-corrected chi connectivity index (χ3v) is 5.88. The topological polar surface area (TPSA) is 47.4 Å². The number of imidazole rings is 1. The highest BCUT2D eigenvalue weighted by atomic mass is 35.5. The molecule has 1 amide bonds. The smallest absolute Gasteiger partial charge is 0.449 e. The molecule has 0 radical (unpaired) electrons. The van der Waals surface area contributed by atoms with Crippen LogP contribution in [0.1, 0.15) is 29.0 Å². The van der Waals surface area contributed by atoms with Crippen molar-refractivity contribution in [3.05, 3.63) is 58.9 Å². The van der Waals surface area contributed by atoms with E-state index in [1.807, 2.05) is 0 Å². The molecular weight excluding hydrogens is 431 g/mol. The first-order valence-electron chi connectivity index (χ1n) is 9.93. The van der Waals surface area contributed by atoms with E-state index in [1.165, 1.54) is 11.7 Å². The van der Waals surface area contributed by atoms with E-state index in [-0.39, 0.29) is 18.4 Å². The number of benzene rings is 2. The first kappa shape index (κ1) is 21.5. The van der Waals surface area contributed by atoms with Crippen molar-refractivity contribution in [1.29, 1.82) is 0 Å². The molecule has 0 spiro atoms. The van der Waals surface area contributed by atoms with E-state index in [9.17, 15) is 18.0 Å². The van der Waals surface area contributed by atoms with Crippen LogP contribution in [0.5, 0.6) is 5.75 Å². The molecule has 164 valence electrons. The van der Waals surface area contributed by atoms with Crippen molar-refractivity contribution < 1.29 is 22.7 Å². The molecule has 2 aromatic carbocycles. The normalized spacial score (nSPS) is 15.5. The van der Waals surface area contributed by atoms with Crippen molar-refractivity contribution in [1.82, 2.24) is 14.5 Å². The lowest BCUT2D eigenvalue weighted by atomic mass is 9.96. The fourth-order valence-corrected chi connectivity index (χ4v) is 4.24. The van der Waals surface area contributed by atoms with E-state index in [0.29, 0.717) is 53.3 Å². The highest BCUT2D eigenvalue weighted by molar-refractivity contribution is 6.31. The lowest BCUT2D eigenvalue weighted by molar-refractivity contribution is -0.147. The van der Waals surface area contributed by atoms with Crippen molar-refractivity contribution in [3.8, 4) is 5.75 Å². The lowest BCUT2D eigenvalue weighted by Crippen LogP contribution is -2.39. The Kier molecular flexibility index (Phi) is 5.83. The molecule has 2 heterocycles. The van der Waals surface area contributed by atoms with Crippen molar-refractivity contribution in [2.24, 2.45) is 5.92 Å². The van der Waals surface area contributed by atoms with Crippen LogP contribution in [0.4, 0.5) is 13.2 Å². The Balaban J connectivity index is 1.49. The minimum Gasteiger partial charge on any atom is -0.496 e. The zero-order valence-electron chi connectivity index (χ0n) is 16.8. The summed E-state index contributed by atoms with van der Waals surface area (Å²) in [5.41, 5.74) is 1.18. The maximum absolute atomic E-state index is 13.5. The third kappa shape index (κ3) is 4.35. The fraction of sp³-hybridized carbons (Fsp3) is 0.364. The maximum Gasteiger partial charge on any atom is 0.449 e. The number of likely N-dealkylation sites (tertiary alicyclic amines) is 1. The molecule has 0 saturated carbocycles. The summed E-state index contributed by atoms with van der Waals surface area (Å²) in [6.45, 7) is 1.11. The summed E-state index contributed by atoms with van der Waals surface area (Å²) in [6.07, 6.45) is -3.34. The van der Waals surface area contributed by atoms with Gasteiger partial charge in [0.2, 0.25) is 5.82 Å². The van der Waals surface area contributed by atoms with Gasteiger partial charge in [0.15, 0.2) is 0 Å². The van der Waals surface area contributed by atoms with Crippen molar-refractivity contribution in [2.45, 2.75) is 25.6 Å². The van der Waals surface area contributed by atoms with E-state index < -0.39 is 12.0 Å². The van der Waals surface area contributed by atoms with Crippen LogP contribution in [-0.4, -0.2) is 40.6 Å². The predicted octanol–water partition coefficient (Wildman–Crippen LogP) is 5.27. The number of carbonyl (C=O) groups is 1. The molecule has 0 atom stereocenters. The molecule has 1 aromatic heterocycles. The van der Waals surface area contributed by atoms with Gasteiger partial charge in [-0.15, -0.1) is 0 Å². The molecule has 1 fully saturated rings. The molecule has 1 saturated heterocycles. The molecule has 0 N–H and O–H groups in total. The first-order valence-corrected chi connectivity index (χ1v) is 10.3. The predicted molar refractivity (Wildman–Crippen MR) is 111 cm³/mol. The second-order valence-corrected chi connectivity index (χ2v) is 8.05. The van der Waals surface area contributed by atoms with Crippen LogP contribution < -0.4 is 4.74 Å². The molecule has 0 unspecified atom stereocenters. The Morgan fingerprint density at radius 2 is 1.90 bits per heavy atom. The zero-order chi connectivity index (χ0) is 22.2. The molecule has 1 aliphatic heterocycles. The van der Waals surface area contributed by atoms with E-state index >= 15 is 0 Å². The largest absolute Gasteiger partial charge is 0.496 e.